The van der Waals surface area contributed by atoms with E-state index in [1.807, 2.05) is 22.6 Å². The Hall–Kier alpha value is -0.0700. The number of nitrogens with zero attached hydrogens (tertiary/aromatic N) is 1. The van der Waals surface area contributed by atoms with Crippen LogP contribution in [-0.2, 0) is 0 Å². The van der Waals surface area contributed by atoms with Crippen LogP contribution in [0.5, 0.6) is 0 Å². The molecule has 3 nitrogen and oxygen atoms in total. The molecule has 0 unspecified atom stereocenters. The molecule has 0 fully saturated rings. The summed E-state index contributed by atoms with van der Waals surface area (Å²) in [5.41, 5.74) is -0.540. The molecule has 0 aliphatic rings. The molecule has 0 radical (unpaired) electrons. The van der Waals surface area contributed by atoms with Crippen molar-refractivity contribution in [3.8, 4) is 0 Å². The molecule has 0 spiro atoms. The fraction of sp³-hybridized carbons (Fsp3) is 0.875. The molecule has 0 aromatic carbocycles. The Labute approximate surface area is 91.4 Å². The van der Waals surface area contributed by atoms with E-state index in [0.717, 1.165) is 4.90 Å². The molecule has 0 saturated carbocycles. The average Bonchev–Trinajstić information content (AvgIpc) is 1.96. The van der Waals surface area contributed by atoms with Crippen molar-refractivity contribution in [2.75, 3.05) is 11.0 Å². The second kappa shape index (κ2) is 4.97. The second-order valence-electron chi connectivity index (χ2n) is 3.82. The molecule has 0 aromatic heterocycles. The van der Waals surface area contributed by atoms with Gasteiger partial charge in [-0.15, -0.1) is 0 Å². The zero-order valence-corrected chi connectivity index (χ0v) is 10.2. The van der Waals surface area contributed by atoms with Gasteiger partial charge in [-0.1, -0.05) is 22.6 Å². The standard InChI is InChI=1S/C8H15FINO2/c1-8(2,3)11(7(12)13)5-6(9)4-10/h6H,4-5H2,1-3H3,(H,12,13)/t6-/m1/s1. The highest BCUT2D eigenvalue weighted by Crippen LogP contribution is 2.15. The van der Waals surface area contributed by atoms with Gasteiger partial charge in [0.25, 0.3) is 0 Å². The van der Waals surface area contributed by atoms with E-state index in [0.29, 0.717) is 4.43 Å². The van der Waals surface area contributed by atoms with E-state index < -0.39 is 17.8 Å². The number of hydrogen-bond acceptors (Lipinski definition) is 1. The first-order chi connectivity index (χ1) is 5.79. The lowest BCUT2D eigenvalue weighted by molar-refractivity contribution is 0.0849. The summed E-state index contributed by atoms with van der Waals surface area (Å²) < 4.78 is 13.3. The van der Waals surface area contributed by atoms with Crippen LogP contribution in [-0.4, -0.2) is 38.8 Å². The lowest BCUT2D eigenvalue weighted by Gasteiger charge is -2.33. The molecule has 0 bridgehead atoms. The van der Waals surface area contributed by atoms with Gasteiger partial charge in [0.2, 0.25) is 0 Å². The summed E-state index contributed by atoms with van der Waals surface area (Å²) >= 11 is 1.90. The maximum atomic E-state index is 13.0. The second-order valence-corrected chi connectivity index (χ2v) is 4.70. The van der Waals surface area contributed by atoms with Crippen LogP contribution in [0, 0.1) is 0 Å². The van der Waals surface area contributed by atoms with E-state index in [4.69, 9.17) is 5.11 Å². The van der Waals surface area contributed by atoms with Crippen LogP contribution >= 0.6 is 22.6 Å². The molecule has 0 aromatic rings. The van der Waals surface area contributed by atoms with Crippen molar-refractivity contribution < 1.29 is 14.3 Å². The third kappa shape index (κ3) is 4.64. The third-order valence-electron chi connectivity index (χ3n) is 1.59. The van der Waals surface area contributed by atoms with Crippen molar-refractivity contribution in [1.82, 2.24) is 4.90 Å². The Balaban J connectivity index is 4.37. The summed E-state index contributed by atoms with van der Waals surface area (Å²) in [6.07, 6.45) is -2.16. The van der Waals surface area contributed by atoms with E-state index >= 15 is 0 Å². The largest absolute Gasteiger partial charge is 0.465 e. The minimum atomic E-state index is -1.09. The summed E-state index contributed by atoms with van der Waals surface area (Å²) in [4.78, 5) is 11.9. The van der Waals surface area contributed by atoms with E-state index in [2.05, 4.69) is 0 Å². The van der Waals surface area contributed by atoms with Crippen LogP contribution in [0.1, 0.15) is 20.8 Å². The normalized spacial score (nSPS) is 13.9. The summed E-state index contributed by atoms with van der Waals surface area (Å²) in [5, 5.41) is 8.81. The number of halogens is 2. The highest BCUT2D eigenvalue weighted by Gasteiger charge is 2.28. The van der Waals surface area contributed by atoms with Crippen LogP contribution in [0.15, 0.2) is 0 Å². The maximum Gasteiger partial charge on any atom is 0.407 e. The molecule has 78 valence electrons. The van der Waals surface area contributed by atoms with Gasteiger partial charge < -0.3 is 10.0 Å². The Morgan fingerprint density at radius 2 is 2.08 bits per heavy atom. The van der Waals surface area contributed by atoms with Gasteiger partial charge >= 0.3 is 6.09 Å². The number of carboxylic acid groups (broad SMARTS) is 1. The first kappa shape index (κ1) is 12.9. The monoisotopic (exact) mass is 303 g/mol. The zero-order chi connectivity index (χ0) is 10.6. The lowest BCUT2D eigenvalue weighted by atomic mass is 10.1. The Kier molecular flexibility index (Phi) is 4.95. The Morgan fingerprint density at radius 3 is 2.31 bits per heavy atom. The molecule has 1 atom stereocenters. The Bertz CT molecular complexity index is 181. The summed E-state index contributed by atoms with van der Waals surface area (Å²) in [6.45, 7) is 5.20. The number of carbonyl (C=O) groups is 1. The van der Waals surface area contributed by atoms with Crippen molar-refractivity contribution in [2.45, 2.75) is 32.5 Å². The predicted octanol–water partition coefficient (Wildman–Crippen LogP) is 2.54. The smallest absolute Gasteiger partial charge is 0.407 e. The van der Waals surface area contributed by atoms with Gasteiger partial charge in [-0.2, -0.15) is 0 Å². The third-order valence-corrected chi connectivity index (χ3v) is 2.54. The van der Waals surface area contributed by atoms with E-state index in [1.165, 1.54) is 0 Å². The van der Waals surface area contributed by atoms with Crippen LogP contribution in [0.4, 0.5) is 9.18 Å². The summed E-state index contributed by atoms with van der Waals surface area (Å²) in [7, 11) is 0. The molecular weight excluding hydrogens is 288 g/mol. The Morgan fingerprint density at radius 1 is 1.62 bits per heavy atom. The first-order valence-corrected chi connectivity index (χ1v) is 5.52. The zero-order valence-electron chi connectivity index (χ0n) is 8.05. The van der Waals surface area contributed by atoms with Gasteiger partial charge in [0.05, 0.1) is 6.54 Å². The van der Waals surface area contributed by atoms with E-state index in [9.17, 15) is 9.18 Å². The van der Waals surface area contributed by atoms with Gasteiger partial charge in [-0.05, 0) is 20.8 Å². The SMILES string of the molecule is CC(C)(C)N(C[C@H](F)CI)C(=O)O. The predicted molar refractivity (Wildman–Crippen MR) is 58.3 cm³/mol. The molecule has 0 rings (SSSR count). The first-order valence-electron chi connectivity index (χ1n) is 3.99. The molecule has 5 heteroatoms. The molecule has 13 heavy (non-hydrogen) atoms. The average molecular weight is 303 g/mol. The number of rotatable bonds is 3. The fourth-order valence-corrected chi connectivity index (χ4v) is 1.16. The minimum Gasteiger partial charge on any atom is -0.465 e. The maximum absolute atomic E-state index is 13.0. The van der Waals surface area contributed by atoms with Crippen molar-refractivity contribution in [3.63, 3.8) is 0 Å². The van der Waals surface area contributed by atoms with Crippen molar-refractivity contribution in [3.05, 3.63) is 0 Å². The van der Waals surface area contributed by atoms with Crippen molar-refractivity contribution in [1.29, 1.82) is 0 Å². The van der Waals surface area contributed by atoms with E-state index in [1.54, 1.807) is 20.8 Å². The van der Waals surface area contributed by atoms with Gasteiger partial charge in [0.1, 0.15) is 6.17 Å². The molecule has 0 aliphatic heterocycles. The highest BCUT2D eigenvalue weighted by atomic mass is 127. The van der Waals surface area contributed by atoms with Gasteiger partial charge in [0, 0.05) is 9.97 Å². The van der Waals surface area contributed by atoms with Crippen LogP contribution < -0.4 is 0 Å². The number of alkyl halides is 2. The van der Waals surface area contributed by atoms with Crippen LogP contribution in [0.25, 0.3) is 0 Å². The minimum absolute atomic E-state index is 0.0538. The summed E-state index contributed by atoms with van der Waals surface area (Å²) in [6, 6.07) is 0. The van der Waals surface area contributed by atoms with Crippen LogP contribution in [0.2, 0.25) is 0 Å². The molecule has 1 amide bonds. The fourth-order valence-electron chi connectivity index (χ4n) is 0.886. The van der Waals surface area contributed by atoms with E-state index in [-0.39, 0.29) is 6.54 Å². The topological polar surface area (TPSA) is 40.5 Å². The van der Waals surface area contributed by atoms with Gasteiger partial charge in [0.15, 0.2) is 0 Å². The molecule has 1 N–H and O–H groups in total. The molecule has 0 aliphatic carbocycles. The molecular formula is C8H15FINO2. The van der Waals surface area contributed by atoms with Crippen LogP contribution in [0.3, 0.4) is 0 Å². The van der Waals surface area contributed by atoms with Crippen molar-refractivity contribution in [2.24, 2.45) is 0 Å². The number of amides is 1. The highest BCUT2D eigenvalue weighted by molar-refractivity contribution is 14.1. The molecule has 0 saturated heterocycles. The van der Waals surface area contributed by atoms with Crippen molar-refractivity contribution >= 4 is 28.7 Å². The van der Waals surface area contributed by atoms with Gasteiger partial charge in [-0.3, -0.25) is 0 Å². The summed E-state index contributed by atoms with van der Waals surface area (Å²) in [5.74, 6) is 0. The lowest BCUT2D eigenvalue weighted by Crippen LogP contribution is -2.48. The van der Waals surface area contributed by atoms with Gasteiger partial charge in [-0.25, -0.2) is 9.18 Å². The quantitative estimate of drug-likeness (QED) is 0.643. The number of hydrogen-bond donors (Lipinski definition) is 1. The molecule has 0 heterocycles.